The molecule has 1 unspecified atom stereocenters. The number of ether oxygens (including phenoxy) is 1. The van der Waals surface area contributed by atoms with Crippen LogP contribution in [0.4, 0.5) is 0 Å². The van der Waals surface area contributed by atoms with Gasteiger partial charge in [0.1, 0.15) is 0 Å². The number of methoxy groups -OCH3 is 1. The summed E-state index contributed by atoms with van der Waals surface area (Å²) in [5.41, 5.74) is 1.09. The molecular weight excluding hydrogens is 176 g/mol. The van der Waals surface area contributed by atoms with Gasteiger partial charge >= 0.3 is 5.97 Å². The first-order valence-corrected chi connectivity index (χ1v) is 4.55. The molecule has 0 fully saturated rings. The van der Waals surface area contributed by atoms with E-state index in [-0.39, 0.29) is 11.9 Å². The number of carbonyl (C=O) groups excluding carboxylic acids is 1. The van der Waals surface area contributed by atoms with Gasteiger partial charge in [-0.3, -0.25) is 4.79 Å². The minimum absolute atomic E-state index is 0.194. The molecule has 1 aromatic carbocycles. The van der Waals surface area contributed by atoms with Crippen molar-refractivity contribution in [3.05, 3.63) is 42.0 Å². The molecule has 1 atom stereocenters. The summed E-state index contributed by atoms with van der Waals surface area (Å²) in [6.07, 6.45) is 3.75. The van der Waals surface area contributed by atoms with Crippen LogP contribution >= 0.6 is 0 Å². The van der Waals surface area contributed by atoms with Crippen molar-refractivity contribution in [2.75, 3.05) is 7.11 Å². The van der Waals surface area contributed by atoms with E-state index in [2.05, 4.69) is 4.74 Å². The van der Waals surface area contributed by atoms with E-state index in [1.54, 1.807) is 0 Å². The number of carbonyl (C=O) groups is 1. The Morgan fingerprint density at radius 3 is 2.57 bits per heavy atom. The lowest BCUT2D eigenvalue weighted by Gasteiger charge is -2.02. The molecule has 0 aliphatic rings. The van der Waals surface area contributed by atoms with Crippen molar-refractivity contribution in [2.24, 2.45) is 5.92 Å². The minimum atomic E-state index is -0.211. The summed E-state index contributed by atoms with van der Waals surface area (Å²) >= 11 is 0. The minimum Gasteiger partial charge on any atom is -0.469 e. The number of benzene rings is 1. The predicted octanol–water partition coefficient (Wildman–Crippen LogP) is 2.51. The average molecular weight is 190 g/mol. The summed E-state index contributed by atoms with van der Waals surface area (Å²) in [7, 11) is 1.40. The van der Waals surface area contributed by atoms with Gasteiger partial charge in [-0.2, -0.15) is 0 Å². The highest BCUT2D eigenvalue weighted by Gasteiger charge is 2.07. The summed E-state index contributed by atoms with van der Waals surface area (Å²) < 4.78 is 4.61. The Labute approximate surface area is 84.2 Å². The highest BCUT2D eigenvalue weighted by Crippen LogP contribution is 2.06. The highest BCUT2D eigenvalue weighted by molar-refractivity contribution is 5.75. The molecule has 0 aliphatic heterocycles. The van der Waals surface area contributed by atoms with Crippen molar-refractivity contribution in [3.8, 4) is 0 Å². The Kier molecular flexibility index (Phi) is 3.92. The lowest BCUT2D eigenvalue weighted by molar-refractivity contribution is -0.143. The zero-order chi connectivity index (χ0) is 10.4. The van der Waals surface area contributed by atoms with E-state index >= 15 is 0 Å². The first-order valence-electron chi connectivity index (χ1n) is 4.55. The van der Waals surface area contributed by atoms with Crippen molar-refractivity contribution in [2.45, 2.75) is 6.92 Å². The van der Waals surface area contributed by atoms with Crippen LogP contribution in [0.2, 0.25) is 0 Å². The summed E-state index contributed by atoms with van der Waals surface area (Å²) in [6, 6.07) is 9.85. The Morgan fingerprint density at radius 1 is 1.36 bits per heavy atom. The normalized spacial score (nSPS) is 12.7. The summed E-state index contributed by atoms with van der Waals surface area (Å²) in [6.45, 7) is 1.81. The monoisotopic (exact) mass is 190 g/mol. The molecule has 0 amide bonds. The van der Waals surface area contributed by atoms with Crippen molar-refractivity contribution < 1.29 is 9.53 Å². The molecule has 2 heteroatoms. The first kappa shape index (κ1) is 10.5. The van der Waals surface area contributed by atoms with Gasteiger partial charge in [-0.05, 0) is 12.5 Å². The van der Waals surface area contributed by atoms with Crippen LogP contribution in [0.25, 0.3) is 6.08 Å². The van der Waals surface area contributed by atoms with Crippen LogP contribution in [0.15, 0.2) is 36.4 Å². The van der Waals surface area contributed by atoms with Gasteiger partial charge in [-0.1, -0.05) is 42.5 Å². The van der Waals surface area contributed by atoms with Crippen molar-refractivity contribution >= 4 is 12.0 Å². The van der Waals surface area contributed by atoms with E-state index in [1.807, 2.05) is 49.4 Å². The molecule has 0 spiro atoms. The van der Waals surface area contributed by atoms with Crippen LogP contribution < -0.4 is 0 Å². The quantitative estimate of drug-likeness (QED) is 0.684. The molecule has 1 aromatic rings. The lowest BCUT2D eigenvalue weighted by atomic mass is 10.1. The Morgan fingerprint density at radius 2 is 2.00 bits per heavy atom. The first-order chi connectivity index (χ1) is 6.74. The van der Waals surface area contributed by atoms with Gasteiger partial charge in [0.15, 0.2) is 0 Å². The van der Waals surface area contributed by atoms with Crippen molar-refractivity contribution in [1.29, 1.82) is 0 Å². The Balaban J connectivity index is 2.60. The van der Waals surface area contributed by atoms with Crippen LogP contribution in [0.3, 0.4) is 0 Å². The van der Waals surface area contributed by atoms with Gasteiger partial charge < -0.3 is 4.74 Å². The van der Waals surface area contributed by atoms with E-state index in [1.165, 1.54) is 7.11 Å². The van der Waals surface area contributed by atoms with Crippen LogP contribution in [-0.4, -0.2) is 13.1 Å². The third kappa shape index (κ3) is 3.05. The zero-order valence-electron chi connectivity index (χ0n) is 8.44. The molecule has 0 radical (unpaired) electrons. The Hall–Kier alpha value is -1.57. The lowest BCUT2D eigenvalue weighted by Crippen LogP contribution is -2.09. The predicted molar refractivity (Wildman–Crippen MR) is 56.7 cm³/mol. The largest absolute Gasteiger partial charge is 0.469 e. The fourth-order valence-corrected chi connectivity index (χ4v) is 1.08. The molecule has 0 saturated heterocycles. The van der Waals surface area contributed by atoms with Gasteiger partial charge in [0.25, 0.3) is 0 Å². The maximum atomic E-state index is 11.1. The Bertz CT molecular complexity index is 314. The van der Waals surface area contributed by atoms with Crippen LogP contribution in [-0.2, 0) is 9.53 Å². The van der Waals surface area contributed by atoms with Crippen LogP contribution in [0.5, 0.6) is 0 Å². The SMILES string of the molecule is COC(=O)C(C)/C=C\c1ccccc1. The van der Waals surface area contributed by atoms with Crippen LogP contribution in [0.1, 0.15) is 12.5 Å². The fourth-order valence-electron chi connectivity index (χ4n) is 1.08. The number of hydrogen-bond acceptors (Lipinski definition) is 2. The second kappa shape index (κ2) is 5.22. The topological polar surface area (TPSA) is 26.3 Å². The van der Waals surface area contributed by atoms with E-state index in [0.29, 0.717) is 0 Å². The van der Waals surface area contributed by atoms with Gasteiger partial charge in [0.05, 0.1) is 13.0 Å². The molecule has 2 nitrogen and oxygen atoms in total. The summed E-state index contributed by atoms with van der Waals surface area (Å²) in [5.74, 6) is -0.405. The molecule has 0 aliphatic carbocycles. The standard InChI is InChI=1S/C12H14O2/c1-10(12(13)14-2)8-9-11-6-4-3-5-7-11/h3-10H,1-2H3/b9-8-. The summed E-state index contributed by atoms with van der Waals surface area (Å²) in [4.78, 5) is 11.1. The molecule has 0 heterocycles. The molecule has 74 valence electrons. The summed E-state index contributed by atoms with van der Waals surface area (Å²) in [5, 5.41) is 0. The molecule has 0 saturated carbocycles. The van der Waals surface area contributed by atoms with Gasteiger partial charge in [-0.15, -0.1) is 0 Å². The van der Waals surface area contributed by atoms with E-state index in [9.17, 15) is 4.79 Å². The molecule has 14 heavy (non-hydrogen) atoms. The second-order valence-electron chi connectivity index (χ2n) is 3.08. The number of rotatable bonds is 3. The molecular formula is C12H14O2. The average Bonchev–Trinajstić information content (AvgIpc) is 2.26. The smallest absolute Gasteiger partial charge is 0.312 e. The fraction of sp³-hybridized carbons (Fsp3) is 0.250. The van der Waals surface area contributed by atoms with Gasteiger partial charge in [0.2, 0.25) is 0 Å². The van der Waals surface area contributed by atoms with E-state index < -0.39 is 0 Å². The molecule has 0 aromatic heterocycles. The van der Waals surface area contributed by atoms with Gasteiger partial charge in [0, 0.05) is 0 Å². The van der Waals surface area contributed by atoms with Crippen molar-refractivity contribution in [3.63, 3.8) is 0 Å². The van der Waals surface area contributed by atoms with Gasteiger partial charge in [-0.25, -0.2) is 0 Å². The maximum Gasteiger partial charge on any atom is 0.312 e. The maximum absolute atomic E-state index is 11.1. The van der Waals surface area contributed by atoms with E-state index in [4.69, 9.17) is 0 Å². The number of hydrogen-bond donors (Lipinski definition) is 0. The van der Waals surface area contributed by atoms with Crippen molar-refractivity contribution in [1.82, 2.24) is 0 Å². The molecule has 0 bridgehead atoms. The third-order valence-corrected chi connectivity index (χ3v) is 1.95. The zero-order valence-corrected chi connectivity index (χ0v) is 8.44. The third-order valence-electron chi connectivity index (χ3n) is 1.95. The number of esters is 1. The highest BCUT2D eigenvalue weighted by atomic mass is 16.5. The molecule has 0 N–H and O–H groups in total. The van der Waals surface area contributed by atoms with E-state index in [0.717, 1.165) is 5.56 Å². The second-order valence-corrected chi connectivity index (χ2v) is 3.08. The van der Waals surface area contributed by atoms with Crippen LogP contribution in [0, 0.1) is 5.92 Å². The molecule has 1 rings (SSSR count).